The highest BCUT2D eigenvalue weighted by molar-refractivity contribution is 5.45. The van der Waals surface area contributed by atoms with Gasteiger partial charge in [0.1, 0.15) is 0 Å². The summed E-state index contributed by atoms with van der Waals surface area (Å²) in [5.74, 6) is 0. The molecule has 0 radical (unpaired) electrons. The average molecular weight is 203 g/mol. The van der Waals surface area contributed by atoms with E-state index in [0.717, 1.165) is 19.4 Å². The Morgan fingerprint density at radius 1 is 1.57 bits per heavy atom. The van der Waals surface area contributed by atoms with E-state index in [0.29, 0.717) is 16.1 Å². The molecule has 0 fully saturated rings. The summed E-state index contributed by atoms with van der Waals surface area (Å²) >= 11 is 0. The van der Waals surface area contributed by atoms with Crippen molar-refractivity contribution in [3.05, 3.63) is 11.9 Å². The van der Waals surface area contributed by atoms with Crippen LogP contribution in [0.25, 0.3) is 0 Å². The zero-order valence-corrected chi connectivity index (χ0v) is 8.43. The molecule has 1 N–H and O–H groups in total. The van der Waals surface area contributed by atoms with E-state index in [1.54, 1.807) is 6.92 Å². The van der Waals surface area contributed by atoms with Crippen LogP contribution in [0.15, 0.2) is 6.20 Å². The standard InChI is InChI=1S/C9H15F2N3/c1-3-4-5-12-8-6-14(9(10)11)13-7(8)2/h6,9,12H,3-5H2,1-2H3. The van der Waals surface area contributed by atoms with Crippen LogP contribution in [0.5, 0.6) is 0 Å². The number of hydrogen-bond acceptors (Lipinski definition) is 2. The molecule has 0 spiro atoms. The van der Waals surface area contributed by atoms with E-state index in [-0.39, 0.29) is 0 Å². The summed E-state index contributed by atoms with van der Waals surface area (Å²) in [6, 6.07) is 0. The van der Waals surface area contributed by atoms with E-state index in [2.05, 4.69) is 17.3 Å². The molecule has 0 aliphatic heterocycles. The van der Waals surface area contributed by atoms with Crippen LogP contribution in [-0.4, -0.2) is 16.3 Å². The van der Waals surface area contributed by atoms with Gasteiger partial charge in [-0.05, 0) is 13.3 Å². The molecular formula is C9H15F2N3. The second-order valence-corrected chi connectivity index (χ2v) is 3.17. The number of aromatic nitrogens is 2. The molecule has 0 bridgehead atoms. The Labute approximate surface area is 82.1 Å². The fourth-order valence-electron chi connectivity index (χ4n) is 1.16. The summed E-state index contributed by atoms with van der Waals surface area (Å²) in [4.78, 5) is 0. The van der Waals surface area contributed by atoms with Crippen molar-refractivity contribution in [1.29, 1.82) is 0 Å². The van der Waals surface area contributed by atoms with Crippen LogP contribution >= 0.6 is 0 Å². The molecule has 5 heteroatoms. The normalized spacial score (nSPS) is 10.9. The van der Waals surface area contributed by atoms with Crippen LogP contribution in [0.1, 0.15) is 32.0 Å². The fourth-order valence-corrected chi connectivity index (χ4v) is 1.16. The van der Waals surface area contributed by atoms with Crippen molar-refractivity contribution < 1.29 is 8.78 Å². The van der Waals surface area contributed by atoms with Gasteiger partial charge in [-0.2, -0.15) is 13.9 Å². The van der Waals surface area contributed by atoms with E-state index in [1.807, 2.05) is 0 Å². The maximum Gasteiger partial charge on any atom is 0.333 e. The Morgan fingerprint density at radius 2 is 2.29 bits per heavy atom. The molecule has 1 rings (SSSR count). The van der Waals surface area contributed by atoms with Gasteiger partial charge in [-0.1, -0.05) is 13.3 Å². The van der Waals surface area contributed by atoms with Gasteiger partial charge in [0.25, 0.3) is 0 Å². The molecule has 1 aromatic heterocycles. The van der Waals surface area contributed by atoms with Gasteiger partial charge < -0.3 is 5.32 Å². The van der Waals surface area contributed by atoms with E-state index in [9.17, 15) is 8.78 Å². The molecule has 14 heavy (non-hydrogen) atoms. The molecule has 3 nitrogen and oxygen atoms in total. The Bertz CT molecular complexity index is 284. The van der Waals surface area contributed by atoms with Crippen LogP contribution < -0.4 is 5.32 Å². The summed E-state index contributed by atoms with van der Waals surface area (Å²) in [6.45, 7) is 2.03. The number of anilines is 1. The predicted octanol–water partition coefficient (Wildman–Crippen LogP) is 2.80. The Hall–Kier alpha value is -1.13. The third kappa shape index (κ3) is 2.68. The molecular weight excluding hydrogens is 188 g/mol. The number of rotatable bonds is 5. The maximum absolute atomic E-state index is 12.2. The van der Waals surface area contributed by atoms with Crippen molar-refractivity contribution in [1.82, 2.24) is 9.78 Å². The molecule has 0 atom stereocenters. The minimum atomic E-state index is -2.56. The van der Waals surface area contributed by atoms with Crippen molar-refractivity contribution in [3.63, 3.8) is 0 Å². The van der Waals surface area contributed by atoms with Crippen molar-refractivity contribution in [2.24, 2.45) is 0 Å². The van der Waals surface area contributed by atoms with Gasteiger partial charge in [-0.3, -0.25) is 0 Å². The summed E-state index contributed by atoms with van der Waals surface area (Å²) in [6.07, 6.45) is 3.45. The topological polar surface area (TPSA) is 29.9 Å². The van der Waals surface area contributed by atoms with Crippen LogP contribution in [-0.2, 0) is 0 Å². The van der Waals surface area contributed by atoms with Crippen molar-refractivity contribution >= 4 is 5.69 Å². The number of halogens is 2. The van der Waals surface area contributed by atoms with E-state index in [4.69, 9.17) is 0 Å². The monoisotopic (exact) mass is 203 g/mol. The molecule has 0 aromatic carbocycles. The number of alkyl halides is 2. The van der Waals surface area contributed by atoms with Crippen LogP contribution in [0, 0.1) is 6.92 Å². The Balaban J connectivity index is 2.58. The quantitative estimate of drug-likeness (QED) is 0.746. The fraction of sp³-hybridized carbons (Fsp3) is 0.667. The smallest absolute Gasteiger partial charge is 0.333 e. The second-order valence-electron chi connectivity index (χ2n) is 3.17. The first kappa shape index (κ1) is 10.9. The molecule has 0 aliphatic carbocycles. The highest BCUT2D eigenvalue weighted by Crippen LogP contribution is 2.17. The Kier molecular flexibility index (Phi) is 3.85. The molecule has 0 saturated heterocycles. The SMILES string of the molecule is CCCCNc1cn(C(F)F)nc1C. The summed E-state index contributed by atoms with van der Waals surface area (Å²) < 4.78 is 25.1. The molecule has 0 unspecified atom stereocenters. The van der Waals surface area contributed by atoms with Gasteiger partial charge in [0.15, 0.2) is 0 Å². The molecule has 0 amide bonds. The lowest BCUT2D eigenvalue weighted by Crippen LogP contribution is -2.00. The van der Waals surface area contributed by atoms with Crippen molar-refractivity contribution in [3.8, 4) is 0 Å². The summed E-state index contributed by atoms with van der Waals surface area (Å²) in [5, 5.41) is 6.77. The highest BCUT2D eigenvalue weighted by Gasteiger charge is 2.10. The lowest BCUT2D eigenvalue weighted by molar-refractivity contribution is 0.0563. The molecule has 80 valence electrons. The van der Waals surface area contributed by atoms with Crippen LogP contribution in [0.2, 0.25) is 0 Å². The maximum atomic E-state index is 12.2. The zero-order valence-electron chi connectivity index (χ0n) is 8.43. The number of aryl methyl sites for hydroxylation is 1. The highest BCUT2D eigenvalue weighted by atomic mass is 19.3. The lowest BCUT2D eigenvalue weighted by Gasteiger charge is -2.01. The van der Waals surface area contributed by atoms with Gasteiger partial charge in [-0.25, -0.2) is 4.68 Å². The minimum absolute atomic E-state index is 0.612. The summed E-state index contributed by atoms with van der Waals surface area (Å²) in [7, 11) is 0. The largest absolute Gasteiger partial charge is 0.382 e. The minimum Gasteiger partial charge on any atom is -0.382 e. The first-order valence-corrected chi connectivity index (χ1v) is 4.73. The van der Waals surface area contributed by atoms with Gasteiger partial charge >= 0.3 is 6.55 Å². The Morgan fingerprint density at radius 3 is 2.79 bits per heavy atom. The predicted molar refractivity (Wildman–Crippen MR) is 51.6 cm³/mol. The van der Waals surface area contributed by atoms with Gasteiger partial charge in [-0.15, -0.1) is 0 Å². The number of nitrogens with one attached hydrogen (secondary N) is 1. The average Bonchev–Trinajstić information content (AvgIpc) is 2.49. The van der Waals surface area contributed by atoms with Gasteiger partial charge in [0, 0.05) is 6.54 Å². The molecule has 1 aromatic rings. The number of nitrogens with zero attached hydrogens (tertiary/aromatic N) is 2. The zero-order chi connectivity index (χ0) is 10.6. The van der Waals surface area contributed by atoms with Gasteiger partial charge in [0.2, 0.25) is 0 Å². The number of hydrogen-bond donors (Lipinski definition) is 1. The third-order valence-electron chi connectivity index (χ3n) is 1.96. The molecule has 0 aliphatic rings. The van der Waals surface area contributed by atoms with Crippen LogP contribution in [0.3, 0.4) is 0 Å². The lowest BCUT2D eigenvalue weighted by atomic mass is 10.3. The summed E-state index contributed by atoms with van der Waals surface area (Å²) in [5.41, 5.74) is 1.31. The number of unbranched alkanes of at least 4 members (excludes halogenated alkanes) is 1. The molecule has 1 heterocycles. The van der Waals surface area contributed by atoms with Crippen molar-refractivity contribution in [2.75, 3.05) is 11.9 Å². The van der Waals surface area contributed by atoms with E-state index in [1.165, 1.54) is 6.20 Å². The van der Waals surface area contributed by atoms with E-state index >= 15 is 0 Å². The first-order chi connectivity index (χ1) is 6.65. The van der Waals surface area contributed by atoms with Gasteiger partial charge in [0.05, 0.1) is 17.6 Å². The van der Waals surface area contributed by atoms with Crippen molar-refractivity contribution in [2.45, 2.75) is 33.2 Å². The second kappa shape index (κ2) is 4.93. The first-order valence-electron chi connectivity index (χ1n) is 4.73. The van der Waals surface area contributed by atoms with E-state index < -0.39 is 6.55 Å². The third-order valence-corrected chi connectivity index (χ3v) is 1.96. The van der Waals surface area contributed by atoms with Crippen LogP contribution in [0.4, 0.5) is 14.5 Å². The molecule has 0 saturated carbocycles.